The molecule has 0 saturated carbocycles. The van der Waals surface area contributed by atoms with E-state index < -0.39 is 17.5 Å². The van der Waals surface area contributed by atoms with Crippen LogP contribution in [0, 0.1) is 0 Å². The number of hydrogen-bond acceptors (Lipinski definition) is 7. The molecule has 2 aromatic rings. The maximum atomic E-state index is 12.7. The second kappa shape index (κ2) is 9.42. The Morgan fingerprint density at radius 3 is 2.61 bits per heavy atom. The summed E-state index contributed by atoms with van der Waals surface area (Å²) in [4.78, 5) is 42.0. The molecule has 31 heavy (non-hydrogen) atoms. The number of halogens is 2. The van der Waals surface area contributed by atoms with Crippen molar-refractivity contribution in [3.8, 4) is 0 Å². The Bertz CT molecular complexity index is 1160. The zero-order valence-electron chi connectivity index (χ0n) is 17.0. The van der Waals surface area contributed by atoms with E-state index in [9.17, 15) is 14.4 Å². The minimum Gasteiger partial charge on any atom is -0.457 e. The van der Waals surface area contributed by atoms with E-state index >= 15 is 0 Å². The second-order valence-electron chi connectivity index (χ2n) is 7.37. The van der Waals surface area contributed by atoms with Gasteiger partial charge in [-0.25, -0.2) is 19.3 Å². The Kier molecular flexibility index (Phi) is 7.08. The Morgan fingerprint density at radius 1 is 1.26 bits per heavy atom. The minimum atomic E-state index is -1.57. The topological polar surface area (TPSA) is 91.9 Å². The van der Waals surface area contributed by atoms with Crippen molar-refractivity contribution in [2.24, 2.45) is 4.99 Å². The van der Waals surface area contributed by atoms with Crippen LogP contribution in [0.4, 0.5) is 5.69 Å². The van der Waals surface area contributed by atoms with Crippen LogP contribution in [0.3, 0.4) is 0 Å². The molecule has 0 amide bonds. The summed E-state index contributed by atoms with van der Waals surface area (Å²) < 4.78 is 13.8. The largest absolute Gasteiger partial charge is 0.457 e. The number of fused-ring (bicyclic) bond motifs is 1. The van der Waals surface area contributed by atoms with Gasteiger partial charge < -0.3 is 9.47 Å². The molecule has 0 unspecified atom stereocenters. The molecule has 3 rings (SSSR count). The number of carbonyl (C=O) groups is 2. The molecule has 2 heterocycles. The standard InChI is InChI=1S/C20H21Cl2N3O5S/c1-12(21)11-29-17(27)20(2,3)30-16(26)14-10-13(6-7-15(14)22)23-18-24-8-4-5-9-25(24)19(28)31-18/h6-7,10H,1,4-5,8-9,11H2,2-3H3/b23-18-. The molecule has 166 valence electrons. The maximum absolute atomic E-state index is 12.7. The van der Waals surface area contributed by atoms with Crippen LogP contribution in [0.5, 0.6) is 0 Å². The van der Waals surface area contributed by atoms with Gasteiger partial charge in [0.25, 0.3) is 0 Å². The molecule has 0 atom stereocenters. The van der Waals surface area contributed by atoms with Crippen LogP contribution < -0.4 is 9.67 Å². The molecule has 0 radical (unpaired) electrons. The average molecular weight is 486 g/mol. The lowest BCUT2D eigenvalue weighted by Gasteiger charge is -2.23. The van der Waals surface area contributed by atoms with Gasteiger partial charge in [-0.2, -0.15) is 0 Å². The molecule has 1 aromatic heterocycles. The molecular formula is C20H21Cl2N3O5S. The van der Waals surface area contributed by atoms with E-state index in [-0.39, 0.29) is 27.1 Å². The Labute approximate surface area is 192 Å². The van der Waals surface area contributed by atoms with Crippen molar-refractivity contribution in [1.82, 2.24) is 9.36 Å². The number of aromatic nitrogens is 2. The molecule has 0 aliphatic carbocycles. The molecule has 8 nitrogen and oxygen atoms in total. The first-order valence-corrected chi connectivity index (χ1v) is 11.0. The van der Waals surface area contributed by atoms with Gasteiger partial charge in [-0.1, -0.05) is 29.8 Å². The highest BCUT2D eigenvalue weighted by molar-refractivity contribution is 7.06. The first-order chi connectivity index (χ1) is 14.6. The van der Waals surface area contributed by atoms with E-state index in [1.807, 2.05) is 4.68 Å². The lowest BCUT2D eigenvalue weighted by Crippen LogP contribution is -2.39. The van der Waals surface area contributed by atoms with E-state index in [1.54, 1.807) is 10.7 Å². The van der Waals surface area contributed by atoms with Crippen molar-refractivity contribution in [1.29, 1.82) is 0 Å². The molecule has 0 bridgehead atoms. The van der Waals surface area contributed by atoms with Crippen LogP contribution in [-0.4, -0.2) is 33.5 Å². The number of esters is 2. The quantitative estimate of drug-likeness (QED) is 0.582. The summed E-state index contributed by atoms with van der Waals surface area (Å²) in [5.74, 6) is -1.59. The molecule has 1 aliphatic heterocycles. The van der Waals surface area contributed by atoms with Gasteiger partial charge in [-0.3, -0.25) is 9.48 Å². The highest BCUT2D eigenvalue weighted by Crippen LogP contribution is 2.25. The summed E-state index contributed by atoms with van der Waals surface area (Å²) in [6.45, 7) is 7.39. The highest BCUT2D eigenvalue weighted by Gasteiger charge is 2.35. The van der Waals surface area contributed by atoms with Gasteiger partial charge >= 0.3 is 16.8 Å². The van der Waals surface area contributed by atoms with Crippen LogP contribution >= 0.6 is 34.5 Å². The lowest BCUT2D eigenvalue weighted by molar-refractivity contribution is -0.161. The number of nitrogens with zero attached hydrogens (tertiary/aromatic N) is 3. The summed E-state index contributed by atoms with van der Waals surface area (Å²) in [6, 6.07) is 4.60. The monoisotopic (exact) mass is 485 g/mol. The predicted molar refractivity (Wildman–Crippen MR) is 118 cm³/mol. The summed E-state index contributed by atoms with van der Waals surface area (Å²) in [5.41, 5.74) is -1.11. The molecule has 0 saturated heterocycles. The number of benzene rings is 1. The molecule has 0 fully saturated rings. The van der Waals surface area contributed by atoms with Gasteiger partial charge in [0.1, 0.15) is 6.61 Å². The summed E-state index contributed by atoms with van der Waals surface area (Å²) in [7, 11) is 0. The van der Waals surface area contributed by atoms with E-state index in [0.29, 0.717) is 23.6 Å². The highest BCUT2D eigenvalue weighted by atomic mass is 35.5. The SMILES string of the molecule is C=C(Cl)COC(=O)C(C)(C)OC(=O)c1cc(/N=c2\sc(=O)n3n2CCCC3)ccc1Cl. The van der Waals surface area contributed by atoms with E-state index in [1.165, 1.54) is 26.0 Å². The van der Waals surface area contributed by atoms with Crippen LogP contribution in [-0.2, 0) is 27.4 Å². The van der Waals surface area contributed by atoms with Crippen LogP contribution in [0.2, 0.25) is 5.02 Å². The molecule has 1 aromatic carbocycles. The van der Waals surface area contributed by atoms with Crippen molar-refractivity contribution in [2.75, 3.05) is 6.61 Å². The number of carbonyl (C=O) groups excluding carboxylic acids is 2. The third-order valence-electron chi connectivity index (χ3n) is 4.49. The van der Waals surface area contributed by atoms with Gasteiger partial charge in [0.2, 0.25) is 10.4 Å². The molecule has 0 N–H and O–H groups in total. The average Bonchev–Trinajstić information content (AvgIpc) is 3.02. The second-order valence-corrected chi connectivity index (χ2v) is 9.23. The van der Waals surface area contributed by atoms with E-state index in [4.69, 9.17) is 32.7 Å². The Morgan fingerprint density at radius 2 is 1.94 bits per heavy atom. The van der Waals surface area contributed by atoms with Gasteiger partial charge in [0.05, 0.1) is 16.3 Å². The van der Waals surface area contributed by atoms with Crippen molar-refractivity contribution in [3.63, 3.8) is 0 Å². The van der Waals surface area contributed by atoms with Gasteiger partial charge in [-0.15, -0.1) is 0 Å². The minimum absolute atomic E-state index is 0.0379. The first kappa shape index (κ1) is 23.3. The van der Waals surface area contributed by atoms with Crippen molar-refractivity contribution in [2.45, 2.75) is 45.4 Å². The van der Waals surface area contributed by atoms with Crippen LogP contribution in [0.1, 0.15) is 37.0 Å². The fraction of sp³-hybridized carbons (Fsp3) is 0.400. The van der Waals surface area contributed by atoms with Gasteiger partial charge in [-0.05, 0) is 56.2 Å². The normalized spacial score (nSPS) is 14.1. The van der Waals surface area contributed by atoms with Crippen molar-refractivity contribution in [3.05, 3.63) is 54.9 Å². The van der Waals surface area contributed by atoms with Crippen molar-refractivity contribution >= 4 is 52.2 Å². The summed E-state index contributed by atoms with van der Waals surface area (Å²) in [6.07, 6.45) is 1.91. The smallest absolute Gasteiger partial charge is 0.350 e. The Balaban J connectivity index is 1.86. The van der Waals surface area contributed by atoms with Crippen LogP contribution in [0.15, 0.2) is 39.6 Å². The Hall–Kier alpha value is -2.36. The maximum Gasteiger partial charge on any atom is 0.350 e. The molecule has 0 spiro atoms. The summed E-state index contributed by atoms with van der Waals surface area (Å²) >= 11 is 12.8. The fourth-order valence-corrected chi connectivity index (χ4v) is 4.06. The number of rotatable bonds is 6. The predicted octanol–water partition coefficient (Wildman–Crippen LogP) is 3.62. The third kappa shape index (κ3) is 5.47. The third-order valence-corrected chi connectivity index (χ3v) is 5.79. The van der Waals surface area contributed by atoms with Gasteiger partial charge in [0.15, 0.2) is 0 Å². The molecular weight excluding hydrogens is 465 g/mol. The number of hydrogen-bond donors (Lipinski definition) is 0. The molecule has 11 heteroatoms. The van der Waals surface area contributed by atoms with Crippen LogP contribution in [0.25, 0.3) is 0 Å². The van der Waals surface area contributed by atoms with E-state index in [0.717, 1.165) is 24.2 Å². The lowest BCUT2D eigenvalue weighted by atomic mass is 10.1. The van der Waals surface area contributed by atoms with Gasteiger partial charge in [0, 0.05) is 18.1 Å². The zero-order valence-corrected chi connectivity index (χ0v) is 19.4. The molecule has 1 aliphatic rings. The summed E-state index contributed by atoms with van der Waals surface area (Å²) in [5, 5.41) is 0.280. The fourth-order valence-electron chi connectivity index (χ4n) is 2.91. The van der Waals surface area contributed by atoms with E-state index in [2.05, 4.69) is 11.6 Å². The first-order valence-electron chi connectivity index (χ1n) is 9.47. The number of ether oxygens (including phenoxy) is 2. The zero-order chi connectivity index (χ0) is 22.8. The van der Waals surface area contributed by atoms with Crippen molar-refractivity contribution < 1.29 is 19.1 Å².